The van der Waals surface area contributed by atoms with Crippen LogP contribution in [-0.4, -0.2) is 38.4 Å². The Bertz CT molecular complexity index is 1130. The normalized spacial score (nSPS) is 10.9. The lowest BCUT2D eigenvalue weighted by molar-refractivity contribution is -0.127. The van der Waals surface area contributed by atoms with Crippen molar-refractivity contribution < 1.29 is 9.18 Å². The van der Waals surface area contributed by atoms with Crippen molar-refractivity contribution >= 4 is 29.0 Å². The molecule has 0 N–H and O–H groups in total. The number of benzene rings is 2. The molecule has 158 valence electrons. The minimum atomic E-state index is -0.305. The maximum Gasteiger partial charge on any atom is 0.233 e. The molecule has 0 aliphatic heterocycles. The van der Waals surface area contributed by atoms with Gasteiger partial charge in [0.05, 0.1) is 12.3 Å². The van der Waals surface area contributed by atoms with Crippen LogP contribution in [0.5, 0.6) is 0 Å². The number of thiophene rings is 1. The van der Waals surface area contributed by atoms with Gasteiger partial charge in [0.2, 0.25) is 5.91 Å². The summed E-state index contributed by atoms with van der Waals surface area (Å²) in [5.74, 6) is 0.685. The third kappa shape index (κ3) is 5.39. The monoisotopic (exact) mass is 452 g/mol. The number of aromatic nitrogens is 3. The predicted molar refractivity (Wildman–Crippen MR) is 122 cm³/mol. The number of halogens is 1. The molecule has 0 atom stereocenters. The predicted octanol–water partition coefficient (Wildman–Crippen LogP) is 4.81. The zero-order valence-electron chi connectivity index (χ0n) is 16.9. The molecule has 0 radical (unpaired) electrons. The molecule has 0 spiro atoms. The van der Waals surface area contributed by atoms with Gasteiger partial charge in [0.1, 0.15) is 11.6 Å². The maximum atomic E-state index is 13.5. The van der Waals surface area contributed by atoms with E-state index >= 15 is 0 Å². The first-order chi connectivity index (χ1) is 15.1. The van der Waals surface area contributed by atoms with Crippen molar-refractivity contribution in [1.82, 2.24) is 19.7 Å². The zero-order valence-corrected chi connectivity index (χ0v) is 18.6. The highest BCUT2D eigenvalue weighted by atomic mass is 32.2. The summed E-state index contributed by atoms with van der Waals surface area (Å²) in [6, 6.07) is 20.2. The van der Waals surface area contributed by atoms with Crippen LogP contribution in [0.3, 0.4) is 0 Å². The summed E-state index contributed by atoms with van der Waals surface area (Å²) >= 11 is 2.96. The molecule has 2 aromatic heterocycles. The molecular formula is C23H21FN4OS2. The van der Waals surface area contributed by atoms with E-state index in [2.05, 4.69) is 10.2 Å². The van der Waals surface area contributed by atoms with Gasteiger partial charge in [-0.3, -0.25) is 9.36 Å². The highest BCUT2D eigenvalue weighted by Gasteiger charge is 2.18. The Kier molecular flexibility index (Phi) is 6.79. The first-order valence-electron chi connectivity index (χ1n) is 9.73. The van der Waals surface area contributed by atoms with E-state index < -0.39 is 0 Å². The van der Waals surface area contributed by atoms with Crippen LogP contribution in [0.4, 0.5) is 4.39 Å². The van der Waals surface area contributed by atoms with Gasteiger partial charge in [-0.1, -0.05) is 48.2 Å². The smallest absolute Gasteiger partial charge is 0.233 e. The van der Waals surface area contributed by atoms with Crippen LogP contribution in [-0.2, 0) is 17.8 Å². The van der Waals surface area contributed by atoms with Gasteiger partial charge in [0, 0.05) is 24.0 Å². The molecule has 8 heteroatoms. The highest BCUT2D eigenvalue weighted by Crippen LogP contribution is 2.24. The van der Waals surface area contributed by atoms with E-state index in [1.165, 1.54) is 23.9 Å². The van der Waals surface area contributed by atoms with Crippen molar-refractivity contribution in [3.05, 3.63) is 94.2 Å². The SMILES string of the molecule is CN(Cc1cccs1)C(=O)CSc1nnc(Cc2ccccc2)n1-c1ccc(F)cc1. The van der Waals surface area contributed by atoms with E-state index in [1.807, 2.05) is 52.4 Å². The third-order valence-corrected chi connectivity index (χ3v) is 6.49. The van der Waals surface area contributed by atoms with E-state index in [-0.39, 0.29) is 17.5 Å². The number of nitrogens with zero attached hydrogens (tertiary/aromatic N) is 4. The van der Waals surface area contributed by atoms with Gasteiger partial charge in [-0.25, -0.2) is 4.39 Å². The minimum absolute atomic E-state index is 0.0108. The fraction of sp³-hybridized carbons (Fsp3) is 0.174. The van der Waals surface area contributed by atoms with Crippen LogP contribution in [0.1, 0.15) is 16.3 Å². The Balaban J connectivity index is 1.53. The minimum Gasteiger partial charge on any atom is -0.340 e. The molecule has 4 rings (SSSR count). The summed E-state index contributed by atoms with van der Waals surface area (Å²) in [5, 5.41) is 11.3. The molecule has 2 aromatic carbocycles. The Morgan fingerprint density at radius 2 is 1.84 bits per heavy atom. The zero-order chi connectivity index (χ0) is 21.6. The average molecular weight is 453 g/mol. The molecule has 2 heterocycles. The number of hydrogen-bond donors (Lipinski definition) is 0. The topological polar surface area (TPSA) is 51.0 Å². The molecule has 0 saturated heterocycles. The van der Waals surface area contributed by atoms with Gasteiger partial charge in [-0.05, 0) is 41.3 Å². The molecule has 0 saturated carbocycles. The summed E-state index contributed by atoms with van der Waals surface area (Å²) in [6.07, 6.45) is 0.581. The van der Waals surface area contributed by atoms with E-state index in [1.54, 1.807) is 35.4 Å². The van der Waals surface area contributed by atoms with Crippen molar-refractivity contribution in [3.63, 3.8) is 0 Å². The van der Waals surface area contributed by atoms with Crippen molar-refractivity contribution in [2.45, 2.75) is 18.1 Å². The molecule has 0 bridgehead atoms. The molecule has 4 aromatic rings. The van der Waals surface area contributed by atoms with Gasteiger partial charge in [-0.2, -0.15) is 0 Å². The van der Waals surface area contributed by atoms with Crippen LogP contribution in [0.2, 0.25) is 0 Å². The number of amides is 1. The number of thioether (sulfide) groups is 1. The number of carbonyl (C=O) groups excluding carboxylic acids is 1. The van der Waals surface area contributed by atoms with Crippen LogP contribution in [0, 0.1) is 5.82 Å². The van der Waals surface area contributed by atoms with Crippen LogP contribution in [0.25, 0.3) is 5.69 Å². The third-order valence-electron chi connectivity index (χ3n) is 4.71. The molecule has 0 aliphatic rings. The Morgan fingerprint density at radius 3 is 2.55 bits per heavy atom. The lowest BCUT2D eigenvalue weighted by Crippen LogP contribution is -2.27. The standard InChI is InChI=1S/C23H21FN4OS2/c1-27(15-20-8-5-13-30-20)22(29)16-31-23-26-25-21(14-17-6-3-2-4-7-17)28(23)19-11-9-18(24)10-12-19/h2-13H,14-16H2,1H3. The largest absolute Gasteiger partial charge is 0.340 e. The van der Waals surface area contributed by atoms with Crippen LogP contribution < -0.4 is 0 Å². The van der Waals surface area contributed by atoms with Crippen molar-refractivity contribution in [1.29, 1.82) is 0 Å². The quantitative estimate of drug-likeness (QED) is 0.360. The van der Waals surface area contributed by atoms with E-state index in [0.717, 1.165) is 22.0 Å². The Labute approximate surface area is 188 Å². The average Bonchev–Trinajstić information content (AvgIpc) is 3.43. The lowest BCUT2D eigenvalue weighted by atomic mass is 10.1. The summed E-state index contributed by atoms with van der Waals surface area (Å²) in [5.41, 5.74) is 1.86. The second-order valence-corrected chi connectivity index (χ2v) is 8.97. The fourth-order valence-corrected chi connectivity index (χ4v) is 4.77. The summed E-state index contributed by atoms with van der Waals surface area (Å²) < 4.78 is 15.4. The van der Waals surface area contributed by atoms with Crippen molar-refractivity contribution in [2.24, 2.45) is 0 Å². The van der Waals surface area contributed by atoms with Crippen LogP contribution in [0.15, 0.2) is 77.3 Å². The van der Waals surface area contributed by atoms with Crippen molar-refractivity contribution in [3.8, 4) is 5.69 Å². The number of hydrogen-bond acceptors (Lipinski definition) is 5. The van der Waals surface area contributed by atoms with E-state index in [4.69, 9.17) is 0 Å². The molecular weight excluding hydrogens is 431 g/mol. The molecule has 1 amide bonds. The summed E-state index contributed by atoms with van der Waals surface area (Å²) in [6.45, 7) is 0.584. The lowest BCUT2D eigenvalue weighted by Gasteiger charge is -2.16. The Morgan fingerprint density at radius 1 is 1.06 bits per heavy atom. The van der Waals surface area contributed by atoms with Gasteiger partial charge < -0.3 is 4.90 Å². The Hall–Kier alpha value is -2.97. The van der Waals surface area contributed by atoms with Gasteiger partial charge in [0.25, 0.3) is 0 Å². The van der Waals surface area contributed by atoms with Gasteiger partial charge in [-0.15, -0.1) is 21.5 Å². The molecule has 0 unspecified atom stereocenters. The highest BCUT2D eigenvalue weighted by molar-refractivity contribution is 7.99. The first-order valence-corrected chi connectivity index (χ1v) is 11.6. The van der Waals surface area contributed by atoms with Gasteiger partial charge >= 0.3 is 0 Å². The maximum absolute atomic E-state index is 13.5. The molecule has 31 heavy (non-hydrogen) atoms. The van der Waals surface area contributed by atoms with E-state index in [0.29, 0.717) is 18.1 Å². The van der Waals surface area contributed by atoms with Crippen LogP contribution >= 0.6 is 23.1 Å². The second-order valence-electron chi connectivity index (χ2n) is 6.99. The second kappa shape index (κ2) is 9.89. The van der Waals surface area contributed by atoms with E-state index in [9.17, 15) is 9.18 Å². The number of carbonyl (C=O) groups is 1. The van der Waals surface area contributed by atoms with Crippen molar-refractivity contribution in [2.75, 3.05) is 12.8 Å². The summed E-state index contributed by atoms with van der Waals surface area (Å²) in [4.78, 5) is 15.5. The number of rotatable bonds is 8. The molecule has 5 nitrogen and oxygen atoms in total. The van der Waals surface area contributed by atoms with Gasteiger partial charge in [0.15, 0.2) is 5.16 Å². The summed E-state index contributed by atoms with van der Waals surface area (Å²) in [7, 11) is 1.80. The fourth-order valence-electron chi connectivity index (χ4n) is 3.10. The molecule has 0 aliphatic carbocycles. The first kappa shape index (κ1) is 21.3. The molecule has 0 fully saturated rings.